The fourth-order valence-electron chi connectivity index (χ4n) is 3.67. The van der Waals surface area contributed by atoms with Crippen molar-refractivity contribution in [2.24, 2.45) is 0 Å². The zero-order valence-electron chi connectivity index (χ0n) is 15.0. The van der Waals surface area contributed by atoms with E-state index in [1.807, 2.05) is 0 Å². The summed E-state index contributed by atoms with van der Waals surface area (Å²) in [4.78, 5) is 4.36. The van der Waals surface area contributed by atoms with E-state index < -0.39 is 29.5 Å². The molecule has 0 bridgehead atoms. The molecule has 9 heteroatoms. The van der Waals surface area contributed by atoms with Crippen LogP contribution in [0, 0.1) is 13.8 Å². The van der Waals surface area contributed by atoms with Gasteiger partial charge in [0.1, 0.15) is 5.75 Å². The van der Waals surface area contributed by atoms with Crippen LogP contribution >= 0.6 is 0 Å². The summed E-state index contributed by atoms with van der Waals surface area (Å²) in [5.41, 5.74) is 0.705. The number of fused-ring (bicyclic) bond motifs is 1. The Bertz CT molecular complexity index is 1060. The van der Waals surface area contributed by atoms with E-state index in [0.717, 1.165) is 6.07 Å². The Labute approximate surface area is 156 Å². The monoisotopic (exact) mass is 397 g/mol. The molecule has 3 aromatic rings. The van der Waals surface area contributed by atoms with Crippen molar-refractivity contribution in [2.75, 3.05) is 0 Å². The fraction of sp³-hybridized carbons (Fsp3) is 0.368. The summed E-state index contributed by atoms with van der Waals surface area (Å²) in [5.74, 6) is -3.22. The molecule has 0 unspecified atom stereocenters. The van der Waals surface area contributed by atoms with Crippen molar-refractivity contribution in [3.63, 3.8) is 0 Å². The van der Waals surface area contributed by atoms with Gasteiger partial charge in [0.2, 0.25) is 0 Å². The number of alkyl halides is 5. The highest BCUT2D eigenvalue weighted by Gasteiger charge is 2.47. The van der Waals surface area contributed by atoms with Gasteiger partial charge in [-0.1, -0.05) is 0 Å². The number of rotatable bonds is 2. The fourth-order valence-corrected chi connectivity index (χ4v) is 3.67. The topological polar surface area (TPSA) is 50.9 Å². The van der Waals surface area contributed by atoms with E-state index in [4.69, 9.17) is 0 Å². The van der Waals surface area contributed by atoms with Gasteiger partial charge < -0.3 is 5.11 Å². The van der Waals surface area contributed by atoms with Crippen LogP contribution in [0.2, 0.25) is 0 Å². The molecule has 2 aromatic heterocycles. The third-order valence-corrected chi connectivity index (χ3v) is 5.12. The van der Waals surface area contributed by atoms with Crippen molar-refractivity contribution in [2.45, 2.75) is 44.8 Å². The quantitative estimate of drug-likeness (QED) is 0.589. The van der Waals surface area contributed by atoms with Crippen LogP contribution in [0.15, 0.2) is 24.3 Å². The number of hydrogen-bond acceptors (Lipinski definition) is 3. The summed E-state index contributed by atoms with van der Waals surface area (Å²) in [6.07, 6.45) is -5.14. The minimum atomic E-state index is -4.57. The second kappa shape index (κ2) is 5.89. The molecular formula is C19H16F5N3O. The van der Waals surface area contributed by atoms with Crippen molar-refractivity contribution < 1.29 is 27.1 Å². The molecule has 148 valence electrons. The van der Waals surface area contributed by atoms with Crippen molar-refractivity contribution in [1.29, 1.82) is 0 Å². The van der Waals surface area contributed by atoms with Gasteiger partial charge in [-0.25, -0.2) is 13.8 Å². The lowest BCUT2D eigenvalue weighted by atomic mass is 9.88. The molecule has 2 heterocycles. The number of nitrogens with zero attached hydrogens (tertiary/aromatic N) is 3. The predicted molar refractivity (Wildman–Crippen MR) is 92.3 cm³/mol. The van der Waals surface area contributed by atoms with Crippen LogP contribution < -0.4 is 0 Å². The largest absolute Gasteiger partial charge is 0.507 e. The summed E-state index contributed by atoms with van der Waals surface area (Å²) < 4.78 is 66.6. The van der Waals surface area contributed by atoms with Gasteiger partial charge in [-0.15, -0.1) is 0 Å². The zero-order chi connectivity index (χ0) is 20.4. The molecule has 0 spiro atoms. The second-order valence-electron chi connectivity index (χ2n) is 7.20. The van der Waals surface area contributed by atoms with E-state index >= 15 is 0 Å². The van der Waals surface area contributed by atoms with Crippen LogP contribution in [0.4, 0.5) is 22.0 Å². The molecule has 4 nitrogen and oxygen atoms in total. The average Bonchev–Trinajstić information content (AvgIpc) is 2.87. The number of aromatic hydroxyl groups is 1. The molecule has 0 atom stereocenters. The molecule has 0 radical (unpaired) electrons. The average molecular weight is 397 g/mol. The van der Waals surface area contributed by atoms with Gasteiger partial charge in [-0.2, -0.15) is 18.3 Å². The van der Waals surface area contributed by atoms with Gasteiger partial charge in [0.15, 0.2) is 5.65 Å². The Kier molecular flexibility index (Phi) is 3.92. The maximum absolute atomic E-state index is 13.2. The van der Waals surface area contributed by atoms with Gasteiger partial charge in [-0.3, -0.25) is 4.68 Å². The molecular weight excluding hydrogens is 381 g/mol. The number of phenols is 1. The van der Waals surface area contributed by atoms with Crippen molar-refractivity contribution in [3.8, 4) is 17.0 Å². The number of aryl methyl sites for hydroxylation is 2. The molecule has 0 saturated heterocycles. The molecule has 28 heavy (non-hydrogen) atoms. The molecule has 1 aliphatic carbocycles. The van der Waals surface area contributed by atoms with Crippen LogP contribution in [-0.4, -0.2) is 25.8 Å². The summed E-state index contributed by atoms with van der Waals surface area (Å²) in [6, 6.07) is 4.46. The third kappa shape index (κ3) is 2.98. The molecule has 0 aliphatic heterocycles. The smallest absolute Gasteiger partial charge is 0.416 e. The van der Waals surface area contributed by atoms with Crippen LogP contribution in [0.25, 0.3) is 22.3 Å². The first-order valence-corrected chi connectivity index (χ1v) is 8.61. The van der Waals surface area contributed by atoms with Crippen molar-refractivity contribution in [3.05, 3.63) is 41.1 Å². The van der Waals surface area contributed by atoms with E-state index in [1.165, 1.54) is 11.6 Å². The Hall–Kier alpha value is -2.71. The second-order valence-corrected chi connectivity index (χ2v) is 7.20. The highest BCUT2D eigenvalue weighted by molar-refractivity contribution is 5.82. The number of pyridine rings is 1. The summed E-state index contributed by atoms with van der Waals surface area (Å²) in [7, 11) is 0. The lowest BCUT2D eigenvalue weighted by Gasteiger charge is -2.35. The van der Waals surface area contributed by atoms with Gasteiger partial charge in [-0.05, 0) is 43.7 Å². The molecule has 1 fully saturated rings. The van der Waals surface area contributed by atoms with Crippen LogP contribution in [0.3, 0.4) is 0 Å². The molecule has 1 N–H and O–H groups in total. The summed E-state index contributed by atoms with van der Waals surface area (Å²) >= 11 is 0. The van der Waals surface area contributed by atoms with Gasteiger partial charge in [0.25, 0.3) is 5.92 Å². The first-order chi connectivity index (χ1) is 13.0. The number of benzene rings is 1. The van der Waals surface area contributed by atoms with E-state index in [9.17, 15) is 27.1 Å². The molecule has 0 amide bonds. The SMILES string of the molecule is Cc1cc(C(F)(F)F)cc(O)c1-c1ccc2c(C)n(C3CC(F)(F)C3)nc2n1. The minimum Gasteiger partial charge on any atom is -0.507 e. The van der Waals surface area contributed by atoms with Crippen molar-refractivity contribution >= 4 is 11.0 Å². The zero-order valence-corrected chi connectivity index (χ0v) is 15.0. The van der Waals surface area contributed by atoms with E-state index in [1.54, 1.807) is 19.1 Å². The predicted octanol–water partition coefficient (Wildman–Crippen LogP) is 5.41. The summed E-state index contributed by atoms with van der Waals surface area (Å²) in [5, 5.41) is 15.1. The van der Waals surface area contributed by atoms with Crippen molar-refractivity contribution in [1.82, 2.24) is 14.8 Å². The first kappa shape index (κ1) is 18.6. The van der Waals surface area contributed by atoms with E-state index in [-0.39, 0.29) is 29.7 Å². The lowest BCUT2D eigenvalue weighted by Crippen LogP contribution is -2.37. The van der Waals surface area contributed by atoms with Gasteiger partial charge in [0.05, 0.1) is 17.3 Å². The van der Waals surface area contributed by atoms with Gasteiger partial charge in [0, 0.05) is 29.5 Å². The third-order valence-electron chi connectivity index (χ3n) is 5.12. The van der Waals surface area contributed by atoms with Crippen LogP contribution in [0.5, 0.6) is 5.75 Å². The Morgan fingerprint density at radius 3 is 2.39 bits per heavy atom. The number of halogens is 5. The number of phenolic OH excluding ortho intramolecular Hbond substituents is 1. The molecule has 1 saturated carbocycles. The number of aromatic nitrogens is 3. The highest BCUT2D eigenvalue weighted by Crippen LogP contribution is 2.46. The van der Waals surface area contributed by atoms with E-state index in [0.29, 0.717) is 22.8 Å². The molecule has 1 aromatic carbocycles. The lowest BCUT2D eigenvalue weighted by molar-refractivity contribution is -0.137. The summed E-state index contributed by atoms with van der Waals surface area (Å²) in [6.45, 7) is 3.21. The number of hydrogen-bond donors (Lipinski definition) is 1. The normalized spacial score (nSPS) is 17.1. The van der Waals surface area contributed by atoms with Gasteiger partial charge >= 0.3 is 6.18 Å². The maximum atomic E-state index is 13.2. The van der Waals surface area contributed by atoms with E-state index in [2.05, 4.69) is 10.1 Å². The Morgan fingerprint density at radius 1 is 1.14 bits per heavy atom. The molecule has 1 aliphatic rings. The first-order valence-electron chi connectivity index (χ1n) is 8.61. The maximum Gasteiger partial charge on any atom is 0.416 e. The highest BCUT2D eigenvalue weighted by atomic mass is 19.4. The molecule has 4 rings (SSSR count). The Balaban J connectivity index is 1.77. The Morgan fingerprint density at radius 2 is 1.82 bits per heavy atom. The minimum absolute atomic E-state index is 0.178. The standard InChI is InChI=1S/C19H16F5N3O/c1-9-5-11(19(22,23)24)6-15(28)16(9)14-4-3-13-10(2)27(26-17(13)25-14)12-7-18(20,21)8-12/h3-6,12,28H,7-8H2,1-2H3. The van der Waals surface area contributed by atoms with Crippen LogP contribution in [0.1, 0.15) is 35.7 Å². The van der Waals surface area contributed by atoms with Crippen LogP contribution in [-0.2, 0) is 6.18 Å².